The molecule has 0 bridgehead atoms. The molecule has 3 aromatic heterocycles. The third-order valence-corrected chi connectivity index (χ3v) is 3.21. The Labute approximate surface area is 131 Å². The van der Waals surface area contributed by atoms with Gasteiger partial charge in [0, 0.05) is 24.3 Å². The molecular formula is C15H14N6O2. The molecule has 0 fully saturated rings. The maximum Gasteiger partial charge on any atom is 0.276 e. The Kier molecular flexibility index (Phi) is 3.96. The summed E-state index contributed by atoms with van der Waals surface area (Å²) in [5.41, 5.74) is 1.30. The number of aromatic amines is 1. The van der Waals surface area contributed by atoms with E-state index in [1.807, 2.05) is 6.92 Å². The molecule has 116 valence electrons. The number of pyridine rings is 1. The third-order valence-electron chi connectivity index (χ3n) is 3.21. The second-order valence-corrected chi connectivity index (χ2v) is 4.91. The lowest BCUT2D eigenvalue weighted by molar-refractivity contribution is -0.115. The molecule has 3 aromatic rings. The van der Waals surface area contributed by atoms with E-state index in [1.54, 1.807) is 36.8 Å². The minimum Gasteiger partial charge on any atom is -0.320 e. The van der Waals surface area contributed by atoms with Gasteiger partial charge in [0.2, 0.25) is 11.9 Å². The van der Waals surface area contributed by atoms with Crippen LogP contribution in [0.4, 0.5) is 5.69 Å². The number of nitrogens with zero attached hydrogens (tertiary/aromatic N) is 4. The molecule has 0 atom stereocenters. The summed E-state index contributed by atoms with van der Waals surface area (Å²) in [5.74, 6) is -0.00356. The van der Waals surface area contributed by atoms with Crippen LogP contribution in [-0.4, -0.2) is 30.6 Å². The van der Waals surface area contributed by atoms with E-state index in [1.165, 1.54) is 10.9 Å². The number of H-pyrrole nitrogens is 1. The predicted molar refractivity (Wildman–Crippen MR) is 83.3 cm³/mol. The van der Waals surface area contributed by atoms with Gasteiger partial charge in [-0.15, -0.1) is 0 Å². The summed E-state index contributed by atoms with van der Waals surface area (Å²) >= 11 is 0. The van der Waals surface area contributed by atoms with Gasteiger partial charge in [-0.2, -0.15) is 5.10 Å². The first-order valence-electron chi connectivity index (χ1n) is 6.92. The highest BCUT2D eigenvalue weighted by Gasteiger charge is 2.10. The molecular weight excluding hydrogens is 296 g/mol. The molecule has 0 aliphatic heterocycles. The van der Waals surface area contributed by atoms with Gasteiger partial charge in [-0.1, -0.05) is 0 Å². The highest BCUT2D eigenvalue weighted by molar-refractivity contribution is 5.91. The predicted octanol–water partition coefficient (Wildman–Crippen LogP) is 0.840. The van der Waals surface area contributed by atoms with Gasteiger partial charge in [0.15, 0.2) is 0 Å². The number of carbonyl (C=O) groups is 1. The zero-order chi connectivity index (χ0) is 16.2. The van der Waals surface area contributed by atoms with Crippen molar-refractivity contribution in [2.75, 3.05) is 5.32 Å². The van der Waals surface area contributed by atoms with Crippen molar-refractivity contribution < 1.29 is 4.79 Å². The first kappa shape index (κ1) is 14.6. The van der Waals surface area contributed by atoms with Crippen LogP contribution in [0.2, 0.25) is 0 Å². The number of aromatic nitrogens is 5. The minimum atomic E-state index is -0.437. The van der Waals surface area contributed by atoms with E-state index in [9.17, 15) is 9.59 Å². The van der Waals surface area contributed by atoms with E-state index in [0.29, 0.717) is 5.95 Å². The largest absolute Gasteiger partial charge is 0.320 e. The summed E-state index contributed by atoms with van der Waals surface area (Å²) < 4.78 is 1.50. The van der Waals surface area contributed by atoms with Gasteiger partial charge >= 0.3 is 0 Å². The Morgan fingerprint density at radius 1 is 1.26 bits per heavy atom. The van der Waals surface area contributed by atoms with Crippen molar-refractivity contribution in [3.8, 4) is 5.95 Å². The summed E-state index contributed by atoms with van der Waals surface area (Å²) in [4.78, 5) is 34.7. The molecule has 1 amide bonds. The van der Waals surface area contributed by atoms with E-state index in [2.05, 4.69) is 25.4 Å². The average molecular weight is 310 g/mol. The van der Waals surface area contributed by atoms with Crippen molar-refractivity contribution in [1.82, 2.24) is 24.7 Å². The molecule has 3 heterocycles. The van der Waals surface area contributed by atoms with Crippen molar-refractivity contribution >= 4 is 11.6 Å². The molecule has 0 aliphatic rings. The van der Waals surface area contributed by atoms with Gasteiger partial charge < -0.3 is 5.32 Å². The molecule has 0 aliphatic carbocycles. The van der Waals surface area contributed by atoms with E-state index < -0.39 is 5.56 Å². The van der Waals surface area contributed by atoms with Crippen molar-refractivity contribution in [3.63, 3.8) is 0 Å². The number of amides is 1. The summed E-state index contributed by atoms with van der Waals surface area (Å²) in [6.45, 7) is 1.84. The molecule has 3 rings (SSSR count). The lowest BCUT2D eigenvalue weighted by Gasteiger charge is -2.06. The van der Waals surface area contributed by atoms with E-state index in [4.69, 9.17) is 0 Å². The van der Waals surface area contributed by atoms with Gasteiger partial charge in [0.1, 0.15) is 5.69 Å². The second-order valence-electron chi connectivity index (χ2n) is 4.91. The minimum absolute atomic E-state index is 0.0950. The van der Waals surface area contributed by atoms with Gasteiger partial charge in [-0.05, 0) is 30.7 Å². The molecule has 0 unspecified atom stereocenters. The lowest BCUT2D eigenvalue weighted by Crippen LogP contribution is -2.23. The molecule has 0 radical (unpaired) electrons. The smallest absolute Gasteiger partial charge is 0.276 e. The number of nitrogens with one attached hydrogen (secondary N) is 2. The van der Waals surface area contributed by atoms with Crippen LogP contribution >= 0.6 is 0 Å². The second kappa shape index (κ2) is 6.22. The first-order chi connectivity index (χ1) is 11.1. The Morgan fingerprint density at radius 3 is 2.70 bits per heavy atom. The first-order valence-corrected chi connectivity index (χ1v) is 6.92. The van der Waals surface area contributed by atoms with Crippen molar-refractivity contribution in [3.05, 3.63) is 64.6 Å². The Bertz CT molecular complexity index is 884. The van der Waals surface area contributed by atoms with Gasteiger partial charge in [-0.25, -0.2) is 9.67 Å². The van der Waals surface area contributed by atoms with E-state index in [-0.39, 0.29) is 18.0 Å². The van der Waals surface area contributed by atoms with Crippen LogP contribution in [0.15, 0.2) is 47.8 Å². The topological polar surface area (TPSA) is 106 Å². The molecule has 23 heavy (non-hydrogen) atoms. The van der Waals surface area contributed by atoms with Crippen molar-refractivity contribution in [2.45, 2.75) is 13.3 Å². The number of hydrogen-bond acceptors (Lipinski definition) is 5. The Morgan fingerprint density at radius 2 is 2.04 bits per heavy atom. The maximum absolute atomic E-state index is 12.1. The highest BCUT2D eigenvalue weighted by Crippen LogP contribution is 2.05. The monoisotopic (exact) mass is 310 g/mol. The number of hydrogen-bond donors (Lipinski definition) is 2. The average Bonchev–Trinajstić information content (AvgIpc) is 2.96. The van der Waals surface area contributed by atoms with Crippen LogP contribution in [0.3, 0.4) is 0 Å². The van der Waals surface area contributed by atoms with Crippen LogP contribution in [0.25, 0.3) is 5.95 Å². The molecule has 8 nitrogen and oxygen atoms in total. The van der Waals surface area contributed by atoms with Crippen LogP contribution in [0.5, 0.6) is 0 Å². The van der Waals surface area contributed by atoms with Crippen molar-refractivity contribution in [1.29, 1.82) is 0 Å². The summed E-state index contributed by atoms with van der Waals surface area (Å²) in [7, 11) is 0. The summed E-state index contributed by atoms with van der Waals surface area (Å²) in [5, 5.41) is 6.61. The Balaban J connectivity index is 1.75. The standard InChI is InChI=1S/C15H14N6O2/c1-10-2-7-18-21(10)15-17-9-12(14(23)20-15)19-13(22)8-11-3-5-16-6-4-11/h2-7,9H,8H2,1H3,(H,19,22)(H,17,20,23). The number of anilines is 1. The lowest BCUT2D eigenvalue weighted by atomic mass is 10.2. The molecule has 0 saturated heterocycles. The van der Waals surface area contributed by atoms with Crippen molar-refractivity contribution in [2.24, 2.45) is 0 Å². The van der Waals surface area contributed by atoms with Crippen LogP contribution in [-0.2, 0) is 11.2 Å². The number of rotatable bonds is 4. The summed E-state index contributed by atoms with van der Waals surface area (Å²) in [6.07, 6.45) is 6.30. The fraction of sp³-hybridized carbons (Fsp3) is 0.133. The number of carbonyl (C=O) groups excluding carboxylic acids is 1. The molecule has 8 heteroatoms. The molecule has 0 spiro atoms. The van der Waals surface area contributed by atoms with Gasteiger partial charge in [0.25, 0.3) is 5.56 Å². The molecule has 0 saturated carbocycles. The molecule has 2 N–H and O–H groups in total. The quantitative estimate of drug-likeness (QED) is 0.743. The van der Waals surface area contributed by atoms with E-state index in [0.717, 1.165) is 11.3 Å². The highest BCUT2D eigenvalue weighted by atomic mass is 16.2. The fourth-order valence-electron chi connectivity index (χ4n) is 2.05. The maximum atomic E-state index is 12.1. The molecule has 0 aromatic carbocycles. The van der Waals surface area contributed by atoms with E-state index >= 15 is 0 Å². The number of aryl methyl sites for hydroxylation is 1. The Hall–Kier alpha value is -3.29. The van der Waals surface area contributed by atoms with Crippen LogP contribution in [0, 0.1) is 6.92 Å². The SMILES string of the molecule is Cc1ccnn1-c1ncc(NC(=O)Cc2ccncc2)c(=O)[nH]1. The van der Waals surface area contributed by atoms with Gasteiger partial charge in [-0.3, -0.25) is 19.6 Å². The van der Waals surface area contributed by atoms with Crippen LogP contribution in [0.1, 0.15) is 11.3 Å². The zero-order valence-corrected chi connectivity index (χ0v) is 12.4. The summed E-state index contributed by atoms with van der Waals surface area (Å²) in [6, 6.07) is 5.28. The van der Waals surface area contributed by atoms with Crippen LogP contribution < -0.4 is 10.9 Å². The zero-order valence-electron chi connectivity index (χ0n) is 12.4. The van der Waals surface area contributed by atoms with Gasteiger partial charge in [0.05, 0.1) is 12.6 Å². The third kappa shape index (κ3) is 3.31. The fourth-order valence-corrected chi connectivity index (χ4v) is 2.05. The normalized spacial score (nSPS) is 10.5.